The number of carbonyl (C=O) groups excluding carboxylic acids is 2. The Balaban J connectivity index is 1.28. The fourth-order valence-electron chi connectivity index (χ4n) is 10.2. The molecule has 0 bridgehead atoms. The molecule has 1 aromatic rings. The van der Waals surface area contributed by atoms with Gasteiger partial charge in [0.2, 0.25) is 0 Å². The lowest BCUT2D eigenvalue weighted by Crippen LogP contribution is -2.63. The molecule has 24 atom stereocenters. The van der Waals surface area contributed by atoms with Crippen molar-refractivity contribution in [3.8, 4) is 0 Å². The molecule has 6 rings (SSSR count). The molecular weight excluding hydrogens is 1100 g/mol. The van der Waals surface area contributed by atoms with Crippen LogP contribution in [0.5, 0.6) is 0 Å². The van der Waals surface area contributed by atoms with Gasteiger partial charge in [0, 0.05) is 33.7 Å². The fraction of sp³-hybridized carbons (Fsp3) is 0.795. The van der Waals surface area contributed by atoms with E-state index in [4.69, 9.17) is 61.0 Å². The molecule has 440 valence electrons. The molecule has 5 aliphatic heterocycles. The molecule has 0 radical (unpaired) electrons. The lowest BCUT2D eigenvalue weighted by Gasteiger charge is -2.50. The second-order valence-electron chi connectivity index (χ2n) is 19.6. The van der Waals surface area contributed by atoms with Crippen molar-refractivity contribution in [1.82, 2.24) is 0 Å². The quantitative estimate of drug-likeness (QED) is 0.0266. The summed E-state index contributed by atoms with van der Waals surface area (Å²) in [5.41, 5.74) is 29.4. The second-order valence-corrected chi connectivity index (χ2v) is 21.7. The number of carboxylic acids is 1. The van der Waals surface area contributed by atoms with Gasteiger partial charge in [-0.25, -0.2) is 18.0 Å². The number of aliphatic carboxylic acids is 1. The zero-order chi connectivity index (χ0) is 58.1. The van der Waals surface area contributed by atoms with Crippen molar-refractivity contribution >= 4 is 39.2 Å². The Morgan fingerprint density at radius 1 is 0.658 bits per heavy atom. The van der Waals surface area contributed by atoms with Crippen LogP contribution in [0.1, 0.15) is 60.5 Å². The van der Waals surface area contributed by atoms with E-state index in [0.717, 1.165) is 12.7 Å². The molecule has 35 heteroatoms. The Labute approximate surface area is 452 Å². The molecule has 0 aromatic heterocycles. The van der Waals surface area contributed by atoms with Gasteiger partial charge in [-0.3, -0.25) is 13.9 Å². The van der Waals surface area contributed by atoms with Crippen molar-refractivity contribution in [2.45, 2.75) is 178 Å². The highest BCUT2D eigenvalue weighted by Gasteiger charge is 2.57. The second kappa shape index (κ2) is 27.7. The molecule has 5 heterocycles. The Kier molecular flexibility index (Phi) is 22.2. The van der Waals surface area contributed by atoms with E-state index in [-0.39, 0.29) is 31.3 Å². The lowest BCUT2D eigenvalue weighted by atomic mass is 9.82. The highest BCUT2D eigenvalue weighted by Crippen LogP contribution is 2.42. The third-order valence-electron chi connectivity index (χ3n) is 14.7. The van der Waals surface area contributed by atoms with Gasteiger partial charge in [-0.2, -0.15) is 16.8 Å². The molecule has 10 unspecified atom stereocenters. The fourth-order valence-corrected chi connectivity index (χ4v) is 11.0. The summed E-state index contributed by atoms with van der Waals surface area (Å²) in [5.74, 6) is -6.69. The smallest absolute Gasteiger partial charge is 0.397 e. The molecule has 1 aromatic carbocycles. The number of carboxylic acid groups (broad SMARTS) is 1. The first kappa shape index (κ1) is 63.2. The Morgan fingerprint density at radius 3 is 1.82 bits per heavy atom. The standard InChI is InChI=1S/C44H63N9O24S2/c1-18-19(2)29(49-52-46)42(68-23(18)6)74-33-21(4)34(65-15-25-12-10-9-11-13-25)43(76-37(33)39(57)66-17-54)70-27-14-26(48-51-45)40(69-24(27)7)73-32-22(5)35(77-79(61,62)63)44(75-36(32)38(55)56)72-31-20(3)30(50-53-47)41(64-8)71-28(31)16-67-78(58,59)60/h9-13,17-24,26-37,40-44H,14-16H2,1-8H3,(H,55,56)(H,58,59,60)(H,61,62,63)/t18-,19-,20+,21-,22-,23?,24?,26?,27-,28?,29?,30?,31-,32-,33-,34?,35?,36?,37?,40+,41-,42+,43+,44+/m0/s1. The number of nitrogens with zero attached hydrogens (tertiary/aromatic N) is 9. The predicted molar refractivity (Wildman–Crippen MR) is 259 cm³/mol. The summed E-state index contributed by atoms with van der Waals surface area (Å²) in [6, 6.07) is 5.43. The van der Waals surface area contributed by atoms with Crippen LogP contribution in [0.3, 0.4) is 0 Å². The Hall–Kier alpha value is -4.94. The van der Waals surface area contributed by atoms with Gasteiger partial charge in [0.1, 0.15) is 30.5 Å². The van der Waals surface area contributed by atoms with E-state index in [1.165, 1.54) is 20.8 Å². The van der Waals surface area contributed by atoms with Gasteiger partial charge in [0.15, 0.2) is 43.7 Å². The van der Waals surface area contributed by atoms with Crippen LogP contribution in [0.15, 0.2) is 45.7 Å². The number of esters is 1. The average Bonchev–Trinajstić information content (AvgIpc) is 3.39. The topological polar surface area (TPSA) is 456 Å². The monoisotopic (exact) mass is 1170 g/mol. The summed E-state index contributed by atoms with van der Waals surface area (Å²) in [4.78, 5) is 47.1. The molecule has 0 spiro atoms. The van der Waals surface area contributed by atoms with Crippen molar-refractivity contribution in [3.05, 3.63) is 67.2 Å². The maximum absolute atomic E-state index is 13.7. The predicted octanol–water partition coefficient (Wildman–Crippen LogP) is 3.82. The lowest BCUT2D eigenvalue weighted by molar-refractivity contribution is -0.356. The number of benzene rings is 1. The molecule has 0 aliphatic carbocycles. The van der Waals surface area contributed by atoms with E-state index in [9.17, 15) is 62.0 Å². The number of ether oxygens (including phenoxy) is 12. The first-order valence-corrected chi connectivity index (χ1v) is 27.4. The summed E-state index contributed by atoms with van der Waals surface area (Å²) in [6.45, 7) is 10.3. The number of hydrogen-bond acceptors (Lipinski definition) is 24. The van der Waals surface area contributed by atoms with Crippen LogP contribution < -0.4 is 0 Å². The Morgan fingerprint density at radius 2 is 1.23 bits per heavy atom. The highest BCUT2D eigenvalue weighted by atomic mass is 32.3. The minimum absolute atomic E-state index is 0.0301. The van der Waals surface area contributed by atoms with E-state index in [1.54, 1.807) is 37.3 Å². The van der Waals surface area contributed by atoms with E-state index >= 15 is 0 Å². The summed E-state index contributed by atoms with van der Waals surface area (Å²) in [7, 11) is -9.42. The van der Waals surface area contributed by atoms with Crippen molar-refractivity contribution in [3.63, 3.8) is 0 Å². The van der Waals surface area contributed by atoms with Gasteiger partial charge in [-0.05, 0) is 60.2 Å². The minimum Gasteiger partial charge on any atom is -0.479 e. The van der Waals surface area contributed by atoms with Crippen LogP contribution in [-0.4, -0.2) is 180 Å². The van der Waals surface area contributed by atoms with Crippen LogP contribution in [0, 0.1) is 29.6 Å². The molecule has 5 saturated heterocycles. The molecule has 33 nitrogen and oxygen atoms in total. The first-order chi connectivity index (χ1) is 37.3. The Bertz CT molecular complexity index is 2640. The molecular formula is C44H63N9O24S2. The van der Waals surface area contributed by atoms with E-state index in [1.807, 2.05) is 20.8 Å². The number of methoxy groups -OCH3 is 1. The molecule has 0 amide bonds. The van der Waals surface area contributed by atoms with Crippen LogP contribution in [0.4, 0.5) is 0 Å². The normalized spacial score (nSPS) is 39.9. The van der Waals surface area contributed by atoms with Gasteiger partial charge in [-0.15, -0.1) is 0 Å². The van der Waals surface area contributed by atoms with E-state index in [0.29, 0.717) is 0 Å². The van der Waals surface area contributed by atoms with Crippen LogP contribution in [0.2, 0.25) is 0 Å². The summed E-state index contributed by atoms with van der Waals surface area (Å²) in [5, 5.41) is 22.1. The summed E-state index contributed by atoms with van der Waals surface area (Å²) in [6.07, 6.45) is -24.0. The van der Waals surface area contributed by atoms with Crippen molar-refractivity contribution < 1.29 is 111 Å². The van der Waals surface area contributed by atoms with Crippen molar-refractivity contribution in [1.29, 1.82) is 0 Å². The first-order valence-electron chi connectivity index (χ1n) is 24.7. The van der Waals surface area contributed by atoms with Gasteiger partial charge in [-0.1, -0.05) is 80.3 Å². The number of hydrogen-bond donors (Lipinski definition) is 3. The minimum atomic E-state index is -5.46. The van der Waals surface area contributed by atoms with Crippen molar-refractivity contribution in [2.24, 2.45) is 44.9 Å². The van der Waals surface area contributed by atoms with Gasteiger partial charge in [0.25, 0.3) is 0 Å². The number of carbonyl (C=O) groups is 3. The summed E-state index contributed by atoms with van der Waals surface area (Å²) < 4.78 is 149. The highest BCUT2D eigenvalue weighted by molar-refractivity contribution is 7.81. The van der Waals surface area contributed by atoms with Gasteiger partial charge >= 0.3 is 39.2 Å². The SMILES string of the molecule is CO[C@H]1OC(COS(=O)(=O)O)[C@@H](O[C@@H]2OC(C(=O)O)[C@@H](O[C@H]3OC(C)[C@@H](O[C@@H]4OC(C(=O)OC=O)[C@@H](O[C@H]5OC(C)[C@@H](C)[C@H](C)C5N=[N+]=[N-])[C@H](C)C4OCc4ccccc4)CC3N=[N+]=[N-])[C@H](C)C2OS(=O)(=O)O)[C@H](C)C1N=[N+]=[N-]. The molecule has 0 saturated carbocycles. The maximum atomic E-state index is 13.7. The zero-order valence-electron chi connectivity index (χ0n) is 43.7. The van der Waals surface area contributed by atoms with E-state index < -0.39 is 174 Å². The maximum Gasteiger partial charge on any atom is 0.397 e. The van der Waals surface area contributed by atoms with Crippen LogP contribution in [0.25, 0.3) is 31.3 Å². The van der Waals surface area contributed by atoms with Crippen LogP contribution >= 0.6 is 0 Å². The summed E-state index contributed by atoms with van der Waals surface area (Å²) >= 11 is 0. The van der Waals surface area contributed by atoms with E-state index in [2.05, 4.69) is 34.3 Å². The molecule has 5 fully saturated rings. The van der Waals surface area contributed by atoms with Gasteiger partial charge in [0.05, 0.1) is 55.8 Å². The van der Waals surface area contributed by atoms with Gasteiger partial charge < -0.3 is 61.9 Å². The third kappa shape index (κ3) is 15.7. The number of rotatable bonds is 23. The van der Waals surface area contributed by atoms with Crippen molar-refractivity contribution in [2.75, 3.05) is 13.7 Å². The van der Waals surface area contributed by atoms with Crippen LogP contribution in [-0.2, 0) is 107 Å². The third-order valence-corrected chi connectivity index (χ3v) is 15.6. The largest absolute Gasteiger partial charge is 0.479 e. The molecule has 5 aliphatic rings. The molecule has 3 N–H and O–H groups in total. The zero-order valence-corrected chi connectivity index (χ0v) is 45.3. The number of azide groups is 3. The molecule has 79 heavy (non-hydrogen) atoms. The average molecular weight is 1170 g/mol.